The van der Waals surface area contributed by atoms with E-state index in [0.29, 0.717) is 6.54 Å². The first-order valence-electron chi connectivity index (χ1n) is 8.86. The Morgan fingerprint density at radius 1 is 1.32 bits per heavy atom. The fourth-order valence-electron chi connectivity index (χ4n) is 2.75. The number of hydrogen-bond acceptors (Lipinski definition) is 6. The largest absolute Gasteiger partial charge is 0.356 e. The van der Waals surface area contributed by atoms with E-state index in [2.05, 4.69) is 37.8 Å². The Hall–Kier alpha value is -1.67. The highest BCUT2D eigenvalue weighted by Gasteiger charge is 2.15. The highest BCUT2D eigenvalue weighted by Crippen LogP contribution is 2.24. The summed E-state index contributed by atoms with van der Waals surface area (Å²) in [5.41, 5.74) is 1.15. The van der Waals surface area contributed by atoms with Crippen LogP contribution >= 0.6 is 22.7 Å². The van der Waals surface area contributed by atoms with Crippen LogP contribution in [0.5, 0.6) is 0 Å². The third-order valence-corrected chi connectivity index (χ3v) is 6.26. The monoisotopic (exact) mass is 378 g/mol. The maximum Gasteiger partial charge on any atom is 0.191 e. The van der Waals surface area contributed by atoms with E-state index >= 15 is 0 Å². The second kappa shape index (κ2) is 9.15. The van der Waals surface area contributed by atoms with E-state index in [-0.39, 0.29) is 0 Å². The molecule has 1 aliphatic heterocycles. The molecule has 0 unspecified atom stereocenters. The van der Waals surface area contributed by atoms with Crippen molar-refractivity contribution in [3.05, 3.63) is 27.2 Å². The van der Waals surface area contributed by atoms with Crippen molar-refractivity contribution in [2.75, 3.05) is 31.6 Å². The maximum atomic E-state index is 4.76. The van der Waals surface area contributed by atoms with Crippen LogP contribution in [0.3, 0.4) is 0 Å². The van der Waals surface area contributed by atoms with Gasteiger partial charge in [0.05, 0.1) is 12.2 Å². The van der Waals surface area contributed by atoms with Crippen molar-refractivity contribution in [1.29, 1.82) is 0 Å². The molecule has 0 saturated carbocycles. The van der Waals surface area contributed by atoms with Crippen molar-refractivity contribution >= 4 is 33.8 Å². The summed E-state index contributed by atoms with van der Waals surface area (Å²) in [7, 11) is 1.79. The van der Waals surface area contributed by atoms with Crippen LogP contribution in [0.1, 0.15) is 35.3 Å². The summed E-state index contributed by atoms with van der Waals surface area (Å²) < 4.78 is 0. The first-order chi connectivity index (χ1) is 12.3. The average molecular weight is 379 g/mol. The van der Waals surface area contributed by atoms with Crippen LogP contribution < -0.4 is 15.5 Å². The maximum absolute atomic E-state index is 4.76. The molecule has 0 atom stereocenters. The number of nitrogens with one attached hydrogen (secondary N) is 2. The Morgan fingerprint density at radius 2 is 2.16 bits per heavy atom. The second-order valence-electron chi connectivity index (χ2n) is 5.99. The molecule has 1 aliphatic rings. The third kappa shape index (κ3) is 5.15. The smallest absolute Gasteiger partial charge is 0.191 e. The van der Waals surface area contributed by atoms with Gasteiger partial charge in [-0.2, -0.15) is 0 Å². The standard InChI is InChI=1S/C17H26N6S2/c1-3-14-10-20-15(25-14)11-21-16(18-2)19-7-6-13-12-24-17(22-13)23-8-4-5-9-23/h10,12H,3-9,11H2,1-2H3,(H2,18,19,21). The Labute approximate surface area is 157 Å². The highest BCUT2D eigenvalue weighted by atomic mass is 32.1. The molecule has 1 saturated heterocycles. The van der Waals surface area contributed by atoms with Gasteiger partial charge in [-0.3, -0.25) is 4.99 Å². The molecule has 136 valence electrons. The van der Waals surface area contributed by atoms with Gasteiger partial charge in [0.2, 0.25) is 0 Å². The van der Waals surface area contributed by atoms with Crippen molar-refractivity contribution in [2.24, 2.45) is 4.99 Å². The summed E-state index contributed by atoms with van der Waals surface area (Å²) >= 11 is 3.51. The minimum atomic E-state index is 0.708. The van der Waals surface area contributed by atoms with Gasteiger partial charge in [0.1, 0.15) is 5.01 Å². The number of aromatic nitrogens is 2. The van der Waals surface area contributed by atoms with Crippen molar-refractivity contribution in [3.63, 3.8) is 0 Å². The van der Waals surface area contributed by atoms with Crippen LogP contribution in [0, 0.1) is 0 Å². The zero-order valence-electron chi connectivity index (χ0n) is 14.9. The molecule has 25 heavy (non-hydrogen) atoms. The fourth-order valence-corrected chi connectivity index (χ4v) is 4.46. The van der Waals surface area contributed by atoms with Gasteiger partial charge < -0.3 is 15.5 Å². The lowest BCUT2D eigenvalue weighted by molar-refractivity contribution is 0.783. The number of thiazole rings is 2. The minimum absolute atomic E-state index is 0.708. The Kier molecular flexibility index (Phi) is 6.63. The molecule has 2 aromatic rings. The van der Waals surface area contributed by atoms with Gasteiger partial charge in [-0.05, 0) is 19.3 Å². The predicted molar refractivity (Wildman–Crippen MR) is 107 cm³/mol. The van der Waals surface area contributed by atoms with E-state index < -0.39 is 0 Å². The van der Waals surface area contributed by atoms with Crippen LogP contribution in [0.4, 0.5) is 5.13 Å². The summed E-state index contributed by atoms with van der Waals surface area (Å²) in [4.78, 5) is 17.2. The van der Waals surface area contributed by atoms with E-state index in [9.17, 15) is 0 Å². The number of guanidine groups is 1. The van der Waals surface area contributed by atoms with Gasteiger partial charge >= 0.3 is 0 Å². The number of anilines is 1. The van der Waals surface area contributed by atoms with Crippen molar-refractivity contribution in [3.8, 4) is 0 Å². The molecule has 3 heterocycles. The lowest BCUT2D eigenvalue weighted by atomic mass is 10.3. The third-order valence-electron chi connectivity index (χ3n) is 4.17. The van der Waals surface area contributed by atoms with Gasteiger partial charge in [0.15, 0.2) is 11.1 Å². The highest BCUT2D eigenvalue weighted by molar-refractivity contribution is 7.13. The number of aryl methyl sites for hydroxylation is 1. The van der Waals surface area contributed by atoms with Gasteiger partial charge in [0.25, 0.3) is 0 Å². The van der Waals surface area contributed by atoms with E-state index in [4.69, 9.17) is 4.98 Å². The number of nitrogens with zero attached hydrogens (tertiary/aromatic N) is 4. The van der Waals surface area contributed by atoms with Gasteiger partial charge in [-0.1, -0.05) is 6.92 Å². The van der Waals surface area contributed by atoms with Gasteiger partial charge in [0, 0.05) is 49.6 Å². The fraction of sp³-hybridized carbons (Fsp3) is 0.588. The summed E-state index contributed by atoms with van der Waals surface area (Å²) in [5.74, 6) is 0.809. The predicted octanol–water partition coefficient (Wildman–Crippen LogP) is 2.67. The molecule has 8 heteroatoms. The lowest BCUT2D eigenvalue weighted by Crippen LogP contribution is -2.37. The normalized spacial score (nSPS) is 15.0. The topological polar surface area (TPSA) is 65.4 Å². The van der Waals surface area contributed by atoms with E-state index in [1.165, 1.54) is 22.9 Å². The average Bonchev–Trinajstić information content (AvgIpc) is 3.39. The molecule has 2 aromatic heterocycles. The van der Waals surface area contributed by atoms with E-state index in [1.54, 1.807) is 29.7 Å². The minimum Gasteiger partial charge on any atom is -0.356 e. The molecule has 0 aliphatic carbocycles. The van der Waals surface area contributed by atoms with Crippen LogP contribution in [0.2, 0.25) is 0 Å². The molecule has 6 nitrogen and oxygen atoms in total. The number of aliphatic imine (C=N–C) groups is 1. The lowest BCUT2D eigenvalue weighted by Gasteiger charge is -2.12. The summed E-state index contributed by atoms with van der Waals surface area (Å²) in [6.45, 7) is 5.98. The molecule has 0 amide bonds. The summed E-state index contributed by atoms with van der Waals surface area (Å²) in [6, 6.07) is 0. The van der Waals surface area contributed by atoms with Crippen LogP contribution in [0.15, 0.2) is 16.6 Å². The zero-order valence-corrected chi connectivity index (χ0v) is 16.5. The first-order valence-corrected chi connectivity index (χ1v) is 10.6. The SMILES string of the molecule is CCc1cnc(CNC(=NC)NCCc2csc(N3CCCC3)n2)s1. The molecule has 1 fully saturated rings. The Morgan fingerprint density at radius 3 is 2.88 bits per heavy atom. The first kappa shape index (κ1) is 18.1. The molecule has 0 aromatic carbocycles. The molecule has 0 spiro atoms. The molecule has 2 N–H and O–H groups in total. The van der Waals surface area contributed by atoms with Crippen molar-refractivity contribution in [1.82, 2.24) is 20.6 Å². The zero-order chi connectivity index (χ0) is 17.5. The quantitative estimate of drug-likeness (QED) is 0.573. The van der Waals surface area contributed by atoms with Crippen LogP contribution in [-0.4, -0.2) is 42.6 Å². The Balaban J connectivity index is 1.40. The molecule has 3 rings (SSSR count). The van der Waals surface area contributed by atoms with Crippen LogP contribution in [0.25, 0.3) is 0 Å². The number of hydrogen-bond donors (Lipinski definition) is 2. The molecule has 0 bridgehead atoms. The van der Waals surface area contributed by atoms with Gasteiger partial charge in [-0.15, -0.1) is 22.7 Å². The van der Waals surface area contributed by atoms with Crippen LogP contribution in [-0.2, 0) is 19.4 Å². The van der Waals surface area contributed by atoms with Crippen molar-refractivity contribution < 1.29 is 0 Å². The summed E-state index contributed by atoms with van der Waals surface area (Å²) in [6.07, 6.45) is 6.48. The Bertz CT molecular complexity index is 687. The number of rotatable bonds is 7. The molecular weight excluding hydrogens is 352 g/mol. The van der Waals surface area contributed by atoms with Gasteiger partial charge in [-0.25, -0.2) is 9.97 Å². The second-order valence-corrected chi connectivity index (χ2v) is 8.03. The molecule has 0 radical (unpaired) electrons. The van der Waals surface area contributed by atoms with E-state index in [0.717, 1.165) is 49.1 Å². The van der Waals surface area contributed by atoms with Crippen molar-refractivity contribution in [2.45, 2.75) is 39.2 Å². The van der Waals surface area contributed by atoms with E-state index in [1.807, 2.05) is 6.20 Å². The molecular formula is C17H26N6S2. The summed E-state index contributed by atoms with van der Waals surface area (Å²) in [5, 5.41) is 11.1.